The standard InChI is InChI=1S/C48H30N2O/c1-4-14-31(15-5-1)33-26-34(32-16-6-2-7-17-32)28-36(27-33)49-43-22-12-10-20-37(43)41-29-42-39-24-25-40-38-21-11-13-23-46(38)51-48(40)47(39)50(45(42)30-44(41)49)35-18-8-3-9-19-35/h1-30H. The van der Waals surface area contributed by atoms with E-state index in [2.05, 4.69) is 185 Å². The van der Waals surface area contributed by atoms with Gasteiger partial charge in [-0.15, -0.1) is 0 Å². The van der Waals surface area contributed by atoms with Crippen LogP contribution in [-0.2, 0) is 0 Å². The molecule has 3 heteroatoms. The van der Waals surface area contributed by atoms with E-state index in [4.69, 9.17) is 4.42 Å². The second kappa shape index (κ2) is 10.8. The van der Waals surface area contributed by atoms with Crippen LogP contribution in [0.5, 0.6) is 0 Å². The Morgan fingerprint density at radius 3 is 1.61 bits per heavy atom. The average molecular weight is 651 g/mol. The van der Waals surface area contributed by atoms with Crippen LogP contribution < -0.4 is 0 Å². The lowest BCUT2D eigenvalue weighted by Gasteiger charge is -2.14. The van der Waals surface area contributed by atoms with Crippen molar-refractivity contribution in [3.63, 3.8) is 0 Å². The molecule has 0 amide bonds. The first-order chi connectivity index (χ1) is 25.3. The highest BCUT2D eigenvalue weighted by Crippen LogP contribution is 2.44. The van der Waals surface area contributed by atoms with Gasteiger partial charge in [0.25, 0.3) is 0 Å². The third-order valence-electron chi connectivity index (χ3n) is 10.5. The molecule has 0 saturated heterocycles. The molecule has 0 aliphatic carbocycles. The summed E-state index contributed by atoms with van der Waals surface area (Å²) in [7, 11) is 0. The van der Waals surface area contributed by atoms with Gasteiger partial charge in [-0.05, 0) is 82.9 Å². The molecular formula is C48H30N2O. The number of nitrogens with zero attached hydrogens (tertiary/aromatic N) is 2. The summed E-state index contributed by atoms with van der Waals surface area (Å²) in [5, 5.41) is 7.09. The smallest absolute Gasteiger partial charge is 0.160 e. The summed E-state index contributed by atoms with van der Waals surface area (Å²) in [6, 6.07) is 65.5. The van der Waals surface area contributed by atoms with Crippen molar-refractivity contribution in [3.8, 4) is 33.6 Å². The molecule has 0 fully saturated rings. The molecule has 238 valence electrons. The number of aromatic nitrogens is 2. The maximum Gasteiger partial charge on any atom is 0.160 e. The van der Waals surface area contributed by atoms with E-state index in [-0.39, 0.29) is 0 Å². The fourth-order valence-electron chi connectivity index (χ4n) is 8.20. The molecule has 0 radical (unpaired) electrons. The number of hydrogen-bond acceptors (Lipinski definition) is 1. The van der Waals surface area contributed by atoms with Crippen LogP contribution in [0.1, 0.15) is 0 Å². The summed E-state index contributed by atoms with van der Waals surface area (Å²) < 4.78 is 11.5. The van der Waals surface area contributed by atoms with E-state index in [1.54, 1.807) is 0 Å². The van der Waals surface area contributed by atoms with Crippen LogP contribution in [0.3, 0.4) is 0 Å². The third kappa shape index (κ3) is 4.19. The van der Waals surface area contributed by atoms with Gasteiger partial charge in [-0.25, -0.2) is 0 Å². The lowest BCUT2D eigenvalue weighted by molar-refractivity contribution is 0.671. The van der Waals surface area contributed by atoms with E-state index >= 15 is 0 Å². The molecule has 11 aromatic rings. The van der Waals surface area contributed by atoms with Crippen LogP contribution in [0.2, 0.25) is 0 Å². The molecule has 3 nitrogen and oxygen atoms in total. The van der Waals surface area contributed by atoms with Gasteiger partial charge in [-0.3, -0.25) is 0 Å². The molecule has 0 N–H and O–H groups in total. The maximum absolute atomic E-state index is 6.68. The van der Waals surface area contributed by atoms with Gasteiger partial charge in [0.15, 0.2) is 5.58 Å². The second-order valence-electron chi connectivity index (χ2n) is 13.3. The minimum atomic E-state index is 0.903. The number of para-hydroxylation sites is 3. The van der Waals surface area contributed by atoms with Gasteiger partial charge in [0, 0.05) is 43.7 Å². The van der Waals surface area contributed by atoms with E-state index in [1.165, 1.54) is 49.3 Å². The number of hydrogen-bond donors (Lipinski definition) is 0. The van der Waals surface area contributed by atoms with Crippen molar-refractivity contribution < 1.29 is 4.42 Å². The molecule has 3 heterocycles. The molecule has 0 atom stereocenters. The highest BCUT2D eigenvalue weighted by atomic mass is 16.3. The number of furan rings is 1. The SMILES string of the molecule is c1ccc(-c2cc(-c3ccccc3)cc(-n3c4ccccc4c4cc5c6ccc7c8ccccc8oc7c6n(-c6ccccc6)c5cc43)c2)cc1. The predicted molar refractivity (Wildman–Crippen MR) is 213 cm³/mol. The molecule has 0 bridgehead atoms. The summed E-state index contributed by atoms with van der Waals surface area (Å²) in [5.74, 6) is 0. The predicted octanol–water partition coefficient (Wildman–Crippen LogP) is 13.1. The Morgan fingerprint density at radius 1 is 0.314 bits per heavy atom. The number of fused-ring (bicyclic) bond motifs is 10. The highest BCUT2D eigenvalue weighted by molar-refractivity contribution is 6.24. The minimum absolute atomic E-state index is 0.903. The second-order valence-corrected chi connectivity index (χ2v) is 13.3. The minimum Gasteiger partial charge on any atom is -0.454 e. The third-order valence-corrected chi connectivity index (χ3v) is 10.5. The highest BCUT2D eigenvalue weighted by Gasteiger charge is 2.22. The quantitative estimate of drug-likeness (QED) is 0.186. The van der Waals surface area contributed by atoms with Crippen LogP contribution in [0.25, 0.3) is 99.2 Å². The van der Waals surface area contributed by atoms with Gasteiger partial charge in [0.1, 0.15) is 5.58 Å². The topological polar surface area (TPSA) is 23.0 Å². The van der Waals surface area contributed by atoms with Crippen molar-refractivity contribution in [2.45, 2.75) is 0 Å². The van der Waals surface area contributed by atoms with Gasteiger partial charge < -0.3 is 13.6 Å². The summed E-state index contributed by atoms with van der Waals surface area (Å²) in [6.07, 6.45) is 0. The van der Waals surface area contributed by atoms with Gasteiger partial charge in [0.05, 0.1) is 22.1 Å². The zero-order valence-electron chi connectivity index (χ0n) is 27.6. The Balaban J connectivity index is 1.29. The monoisotopic (exact) mass is 650 g/mol. The molecule has 51 heavy (non-hydrogen) atoms. The lowest BCUT2D eigenvalue weighted by atomic mass is 9.98. The van der Waals surface area contributed by atoms with E-state index < -0.39 is 0 Å². The van der Waals surface area contributed by atoms with Crippen molar-refractivity contribution in [3.05, 3.63) is 182 Å². The van der Waals surface area contributed by atoms with Crippen LogP contribution in [-0.4, -0.2) is 9.13 Å². The van der Waals surface area contributed by atoms with Crippen molar-refractivity contribution in [2.75, 3.05) is 0 Å². The zero-order valence-corrected chi connectivity index (χ0v) is 27.6. The first kappa shape index (κ1) is 28.0. The van der Waals surface area contributed by atoms with Crippen LogP contribution >= 0.6 is 0 Å². The van der Waals surface area contributed by atoms with Gasteiger partial charge in [-0.2, -0.15) is 0 Å². The van der Waals surface area contributed by atoms with Gasteiger partial charge in [0.2, 0.25) is 0 Å². The molecule has 3 aromatic heterocycles. The summed E-state index contributed by atoms with van der Waals surface area (Å²) in [4.78, 5) is 0. The van der Waals surface area contributed by atoms with Crippen molar-refractivity contribution in [1.82, 2.24) is 9.13 Å². The van der Waals surface area contributed by atoms with E-state index in [0.29, 0.717) is 0 Å². The van der Waals surface area contributed by atoms with Crippen LogP contribution in [0.15, 0.2) is 186 Å². The largest absolute Gasteiger partial charge is 0.454 e. The van der Waals surface area contributed by atoms with E-state index in [0.717, 1.165) is 49.9 Å². The van der Waals surface area contributed by atoms with Crippen molar-refractivity contribution in [1.29, 1.82) is 0 Å². The Labute approximate surface area is 293 Å². The molecule has 0 unspecified atom stereocenters. The molecular weight excluding hydrogens is 621 g/mol. The molecule has 0 saturated carbocycles. The molecule has 0 aliphatic heterocycles. The summed E-state index contributed by atoms with van der Waals surface area (Å²) >= 11 is 0. The Hall–Kier alpha value is -6.84. The molecule has 8 aromatic carbocycles. The van der Waals surface area contributed by atoms with Crippen LogP contribution in [0, 0.1) is 0 Å². The molecule has 0 aliphatic rings. The Bertz CT molecular complexity index is 3050. The number of benzene rings is 8. The first-order valence-electron chi connectivity index (χ1n) is 17.4. The summed E-state index contributed by atoms with van der Waals surface area (Å²) in [5.41, 5.74) is 13.4. The maximum atomic E-state index is 6.68. The average Bonchev–Trinajstić information content (AvgIpc) is 3.85. The van der Waals surface area contributed by atoms with Crippen LogP contribution in [0.4, 0.5) is 0 Å². The fourth-order valence-corrected chi connectivity index (χ4v) is 8.20. The fraction of sp³-hybridized carbons (Fsp3) is 0. The number of rotatable bonds is 4. The van der Waals surface area contributed by atoms with E-state index in [1.807, 2.05) is 6.07 Å². The van der Waals surface area contributed by atoms with Crippen molar-refractivity contribution >= 4 is 65.6 Å². The lowest BCUT2D eigenvalue weighted by Crippen LogP contribution is -1.97. The summed E-state index contributed by atoms with van der Waals surface area (Å²) in [6.45, 7) is 0. The van der Waals surface area contributed by atoms with Crippen molar-refractivity contribution in [2.24, 2.45) is 0 Å². The normalized spacial score (nSPS) is 11.9. The van der Waals surface area contributed by atoms with Gasteiger partial charge >= 0.3 is 0 Å². The Kier molecular flexibility index (Phi) is 5.96. The first-order valence-corrected chi connectivity index (χ1v) is 17.4. The Morgan fingerprint density at radius 2 is 0.882 bits per heavy atom. The molecule has 11 rings (SSSR count). The molecule has 0 spiro atoms. The van der Waals surface area contributed by atoms with Gasteiger partial charge in [-0.1, -0.05) is 121 Å². The zero-order chi connectivity index (χ0) is 33.5. The van der Waals surface area contributed by atoms with E-state index in [9.17, 15) is 0 Å².